The first-order valence-corrected chi connectivity index (χ1v) is 74.0. The fourth-order valence-electron chi connectivity index (χ4n) is 2.95. The van der Waals surface area contributed by atoms with Gasteiger partial charge in [0.1, 0.15) is 5.05 Å². The van der Waals surface area contributed by atoms with Crippen LogP contribution in [0.15, 0.2) is 0 Å². The molecular formula is B2Br18Si10. The van der Waals surface area contributed by atoms with Crippen molar-refractivity contribution in [3.05, 3.63) is 0 Å². The molecule has 30 heteroatoms. The Morgan fingerprint density at radius 1 is 0.467 bits per heavy atom. The minimum absolute atomic E-state index is 0.399. The fraction of sp³-hybridized carbons (Fsp3) is 0. The summed E-state index contributed by atoms with van der Waals surface area (Å²) in [6, 6.07) is 0. The van der Waals surface area contributed by atoms with Crippen molar-refractivity contribution in [1.29, 1.82) is 0 Å². The van der Waals surface area contributed by atoms with E-state index < -0.39 is 40.9 Å². The molecule has 0 saturated carbocycles. The number of hydrogen-bond donors (Lipinski definition) is 0. The number of rotatable bonds is 2. The predicted octanol–water partition coefficient (Wildman–Crippen LogP) is 10.7. The van der Waals surface area contributed by atoms with Gasteiger partial charge in [0.05, 0.1) is 0 Å². The van der Waals surface area contributed by atoms with Gasteiger partial charge in [0, 0.05) is 8.91 Å². The summed E-state index contributed by atoms with van der Waals surface area (Å²) in [5.41, 5.74) is 0.903. The van der Waals surface area contributed by atoms with Crippen molar-refractivity contribution in [1.82, 2.24) is 0 Å². The van der Waals surface area contributed by atoms with E-state index in [1.165, 1.54) is 0 Å². The molecule has 2 fully saturated rings. The molecule has 0 nitrogen and oxygen atoms in total. The quantitative estimate of drug-likeness (QED) is 0.191. The lowest BCUT2D eigenvalue weighted by atomic mass is 10.6. The lowest BCUT2D eigenvalue weighted by molar-refractivity contribution is 3.32. The number of halogens is 18. The lowest BCUT2D eigenvalue weighted by Gasteiger charge is -2.59. The van der Waals surface area contributed by atoms with Crippen molar-refractivity contribution in [2.24, 2.45) is 0 Å². The first-order valence-electron chi connectivity index (χ1n) is 6.88. The van der Waals surface area contributed by atoms with E-state index in [1.54, 1.807) is 0 Å². The summed E-state index contributed by atoms with van der Waals surface area (Å²) < 4.78 is -16.7. The summed E-state index contributed by atoms with van der Waals surface area (Å²) in [6.45, 7) is 0. The Morgan fingerprint density at radius 2 is 0.800 bits per heavy atom. The highest BCUT2D eigenvalue weighted by Gasteiger charge is 2.91. The van der Waals surface area contributed by atoms with Crippen LogP contribution in [-0.2, 0) is 0 Å². The summed E-state index contributed by atoms with van der Waals surface area (Å²) in [4.78, 5) is 0. The maximum atomic E-state index is 4.44. The zero-order chi connectivity index (χ0) is 24.4. The van der Waals surface area contributed by atoms with Gasteiger partial charge in [-0.05, 0) is 0 Å². The van der Waals surface area contributed by atoms with E-state index >= 15 is 0 Å². The van der Waals surface area contributed by atoms with E-state index in [0.29, 0.717) is 11.0 Å². The largest absolute Gasteiger partial charge is 0.228 e. The van der Waals surface area contributed by atoms with Crippen molar-refractivity contribution >= 4 is 336 Å². The van der Waals surface area contributed by atoms with Crippen LogP contribution in [0.2, 0.25) is 0 Å². The third-order valence-electron chi connectivity index (χ3n) is 4.62. The van der Waals surface area contributed by atoms with Crippen molar-refractivity contribution < 1.29 is 0 Å². The van der Waals surface area contributed by atoms with E-state index in [9.17, 15) is 0 Å². The molecule has 0 bridgehead atoms. The van der Waals surface area contributed by atoms with Crippen LogP contribution in [0.5, 0.6) is 0 Å². The topological polar surface area (TPSA) is 0 Å². The smallest absolute Gasteiger partial charge is 0.130 e. The SMILES string of the molecule is Br[Si](Br)(B1[Si][Si](Br)(Br)[Si](Br)(Br)[Si]1(Br)Br)B1[Si](Br)(Br)[Si](Br)(Br)[Si](Br)(Br)[Si](Br)(Br)[Si]1(Br)Br. The molecule has 2 heterocycles. The van der Waals surface area contributed by atoms with Crippen molar-refractivity contribution in [3.63, 3.8) is 0 Å². The van der Waals surface area contributed by atoms with E-state index in [4.69, 9.17) is 0 Å². The van der Waals surface area contributed by atoms with Gasteiger partial charge in [-0.3, -0.25) is 0 Å². The zero-order valence-corrected chi connectivity index (χ0v) is 51.5. The van der Waals surface area contributed by atoms with Gasteiger partial charge in [-0.25, -0.2) is 0 Å². The Kier molecular flexibility index (Phi) is 14.5. The molecule has 0 aromatic heterocycles. The Hall–Kier alpha value is 10.9. The highest BCUT2D eigenvalue weighted by Crippen LogP contribution is 2.69. The second-order valence-corrected chi connectivity index (χ2v) is 214. The van der Waals surface area contributed by atoms with Gasteiger partial charge in [-0.1, -0.05) is 0 Å². The number of hydrogen-bond acceptors (Lipinski definition) is 0. The minimum atomic E-state index is -2.27. The molecule has 0 aromatic carbocycles. The minimum Gasteiger partial charge on any atom is -0.130 e. The molecule has 2 rings (SSSR count). The molecule has 0 atom stereocenters. The second kappa shape index (κ2) is 11.7. The predicted molar refractivity (Wildman–Crippen MR) is 230 cm³/mol. The summed E-state index contributed by atoms with van der Waals surface area (Å²) in [7, 11) is 0.802. The first-order chi connectivity index (χ1) is 12.7. The molecule has 0 aromatic rings. The van der Waals surface area contributed by atoms with Crippen molar-refractivity contribution in [3.8, 4) is 0 Å². The summed E-state index contributed by atoms with van der Waals surface area (Å²) in [6.07, 6.45) is 0. The third-order valence-corrected chi connectivity index (χ3v) is 441. The monoisotopic (exact) mass is 1720 g/mol. The first kappa shape index (κ1) is 37.1. The van der Waals surface area contributed by atoms with Crippen molar-refractivity contribution in [2.45, 2.75) is 0 Å². The zero-order valence-electron chi connectivity index (χ0n) is 13.0. The van der Waals surface area contributed by atoms with E-state index in [2.05, 4.69) is 275 Å². The Balaban J connectivity index is 2.81. The molecule has 0 spiro atoms. The van der Waals surface area contributed by atoms with Gasteiger partial charge in [-0.15, -0.1) is 275 Å². The molecule has 172 valence electrons. The Bertz CT molecular complexity index is 694. The van der Waals surface area contributed by atoms with Gasteiger partial charge in [0.25, 0.3) is 0 Å². The van der Waals surface area contributed by atoms with E-state index in [0.717, 1.165) is 8.91 Å². The van der Waals surface area contributed by atoms with Crippen LogP contribution in [0.3, 0.4) is 0 Å². The van der Waals surface area contributed by atoms with E-state index in [-0.39, 0.29) is 0 Å². The standard InChI is InChI=1S/B2Br18Si10/c3-22(4,1-21-26(11,12)27(13,14)23(1,5)6)2-24(7,8)28(15,16)30(19,20)29(17,18)25(2,9)10. The molecule has 2 aliphatic rings. The third kappa shape index (κ3) is 5.61. The highest BCUT2D eigenvalue weighted by molar-refractivity contribution is 9.85. The van der Waals surface area contributed by atoms with Crippen LogP contribution in [0, 0.1) is 0 Å². The molecule has 2 aliphatic heterocycles. The van der Waals surface area contributed by atoms with Gasteiger partial charge >= 0.3 is 0 Å². The maximum Gasteiger partial charge on any atom is 0.228 e. The maximum absolute atomic E-state index is 4.44. The molecule has 0 unspecified atom stereocenters. The molecule has 0 aliphatic carbocycles. The van der Waals surface area contributed by atoms with Crippen LogP contribution in [0.4, 0.5) is 0 Å². The van der Waals surface area contributed by atoms with Crippen LogP contribution >= 0.6 is 275 Å². The average molecular weight is 1740 g/mol. The molecule has 0 N–H and O–H groups in total. The van der Waals surface area contributed by atoms with Gasteiger partial charge in [0.15, 0.2) is 29.4 Å². The van der Waals surface area contributed by atoms with Crippen LogP contribution < -0.4 is 0 Å². The second-order valence-electron chi connectivity index (χ2n) is 6.43. The normalized spacial score (nSPS) is 32.2. The van der Waals surface area contributed by atoms with Gasteiger partial charge in [-0.2, -0.15) is 0 Å². The molecule has 2 radical (unpaired) electrons. The average Bonchev–Trinajstić information content (AvgIpc) is 2.61. The Labute approximate surface area is 327 Å². The van der Waals surface area contributed by atoms with Crippen LogP contribution in [0.25, 0.3) is 0 Å². The summed E-state index contributed by atoms with van der Waals surface area (Å²) in [5, 5.41) is -2.27. The van der Waals surface area contributed by atoms with Crippen molar-refractivity contribution in [2.75, 3.05) is 0 Å². The molecule has 0 amide bonds. The summed E-state index contributed by atoms with van der Waals surface area (Å²) in [5.74, 6) is 0. The van der Waals surface area contributed by atoms with Gasteiger partial charge in [0.2, 0.25) is 17.4 Å². The highest BCUT2D eigenvalue weighted by atomic mass is 80.0. The molecule has 30 heavy (non-hydrogen) atoms. The van der Waals surface area contributed by atoms with Crippen LogP contribution in [-0.4, -0.2) is 60.8 Å². The van der Waals surface area contributed by atoms with Crippen LogP contribution in [0.1, 0.15) is 0 Å². The Morgan fingerprint density at radius 3 is 1.07 bits per heavy atom. The fourth-order valence-corrected chi connectivity index (χ4v) is 600. The molecular weight excluding hydrogens is 1740 g/mol. The van der Waals surface area contributed by atoms with Gasteiger partial charge < -0.3 is 0 Å². The van der Waals surface area contributed by atoms with E-state index in [1.807, 2.05) is 0 Å². The summed E-state index contributed by atoms with van der Waals surface area (Å²) >= 11 is 77.1. The lowest BCUT2D eigenvalue weighted by Crippen LogP contribution is -2.94. The molecule has 2 saturated heterocycles.